The van der Waals surface area contributed by atoms with Crippen LogP contribution in [0.2, 0.25) is 5.15 Å². The van der Waals surface area contributed by atoms with E-state index in [4.69, 9.17) is 11.6 Å². The number of aliphatic hydroxyl groups is 1. The summed E-state index contributed by atoms with van der Waals surface area (Å²) in [5, 5.41) is 14.8. The first-order chi connectivity index (χ1) is 7.94. The van der Waals surface area contributed by atoms with Gasteiger partial charge in [-0.15, -0.1) is 0 Å². The molecule has 1 aliphatic carbocycles. The van der Waals surface area contributed by atoms with Crippen LogP contribution in [0.15, 0.2) is 0 Å². The first-order valence-electron chi connectivity index (χ1n) is 5.88. The number of hydrogen-bond donors (Lipinski definition) is 1. The molecule has 94 valence electrons. The molecule has 0 amide bonds. The van der Waals surface area contributed by atoms with Crippen LogP contribution in [0.5, 0.6) is 0 Å². The molecule has 2 rings (SSSR count). The van der Waals surface area contributed by atoms with Crippen molar-refractivity contribution in [2.45, 2.75) is 44.6 Å². The molecule has 17 heavy (non-hydrogen) atoms. The largest absolute Gasteiger partial charge is 0.382 e. The molecule has 0 radical (unpaired) electrons. The van der Waals surface area contributed by atoms with E-state index in [9.17, 15) is 9.90 Å². The van der Waals surface area contributed by atoms with Crippen LogP contribution in [-0.2, 0) is 18.3 Å². The lowest BCUT2D eigenvalue weighted by atomic mass is 9.92. The van der Waals surface area contributed by atoms with Gasteiger partial charge >= 0.3 is 0 Å². The van der Waals surface area contributed by atoms with Crippen LogP contribution < -0.4 is 0 Å². The fourth-order valence-corrected chi connectivity index (χ4v) is 2.68. The Morgan fingerprint density at radius 2 is 2.12 bits per heavy atom. The highest BCUT2D eigenvalue weighted by Crippen LogP contribution is 2.32. The van der Waals surface area contributed by atoms with Crippen molar-refractivity contribution in [1.82, 2.24) is 9.78 Å². The topological polar surface area (TPSA) is 55.1 Å². The van der Waals surface area contributed by atoms with E-state index in [0.29, 0.717) is 18.0 Å². The number of hydrogen-bond acceptors (Lipinski definition) is 3. The van der Waals surface area contributed by atoms with Crippen molar-refractivity contribution in [3.63, 3.8) is 0 Å². The monoisotopic (exact) mass is 256 g/mol. The van der Waals surface area contributed by atoms with Crippen molar-refractivity contribution in [2.24, 2.45) is 7.05 Å². The third-order valence-electron chi connectivity index (χ3n) is 3.56. The molecule has 1 aliphatic rings. The summed E-state index contributed by atoms with van der Waals surface area (Å²) < 4.78 is 1.55. The van der Waals surface area contributed by atoms with E-state index < -0.39 is 5.60 Å². The highest BCUT2D eigenvalue weighted by Gasteiger charge is 2.38. The first-order valence-corrected chi connectivity index (χ1v) is 6.25. The van der Waals surface area contributed by atoms with E-state index in [2.05, 4.69) is 5.10 Å². The Bertz CT molecular complexity index is 448. The molecule has 1 N–H and O–H groups in total. The van der Waals surface area contributed by atoms with Crippen molar-refractivity contribution in [3.05, 3.63) is 16.4 Å². The van der Waals surface area contributed by atoms with Gasteiger partial charge < -0.3 is 5.11 Å². The van der Waals surface area contributed by atoms with Crippen LogP contribution in [0.25, 0.3) is 0 Å². The minimum atomic E-state index is -1.13. The first kappa shape index (κ1) is 12.6. The molecule has 0 aliphatic heterocycles. The van der Waals surface area contributed by atoms with Crippen LogP contribution in [-0.4, -0.2) is 26.3 Å². The van der Waals surface area contributed by atoms with E-state index in [-0.39, 0.29) is 12.2 Å². The second-order valence-electron chi connectivity index (χ2n) is 4.82. The van der Waals surface area contributed by atoms with Crippen LogP contribution in [0.3, 0.4) is 0 Å². The van der Waals surface area contributed by atoms with Gasteiger partial charge in [0, 0.05) is 19.0 Å². The number of carbonyl (C=O) groups excluding carboxylic acids is 1. The zero-order valence-electron chi connectivity index (χ0n) is 10.2. The van der Waals surface area contributed by atoms with Crippen molar-refractivity contribution >= 4 is 17.4 Å². The molecule has 1 saturated carbocycles. The number of rotatable bonds is 3. The standard InChI is InChI=1S/C12H17ClN2O2/c1-8-9(11(13)15(2)14-8)7-10(16)12(17)5-3-4-6-12/h17H,3-7H2,1-2H3. The molecule has 5 heteroatoms. The highest BCUT2D eigenvalue weighted by atomic mass is 35.5. The van der Waals surface area contributed by atoms with E-state index >= 15 is 0 Å². The molecule has 0 bridgehead atoms. The molecular formula is C12H17ClN2O2. The van der Waals surface area contributed by atoms with Crippen LogP contribution >= 0.6 is 11.6 Å². The number of aromatic nitrogens is 2. The van der Waals surface area contributed by atoms with Crippen molar-refractivity contribution < 1.29 is 9.90 Å². The predicted octanol–water partition coefficient (Wildman–Crippen LogP) is 1.80. The van der Waals surface area contributed by atoms with Crippen LogP contribution in [0, 0.1) is 6.92 Å². The molecule has 1 fully saturated rings. The van der Waals surface area contributed by atoms with Gasteiger partial charge in [0.2, 0.25) is 0 Å². The van der Waals surface area contributed by atoms with E-state index in [1.165, 1.54) is 0 Å². The van der Waals surface area contributed by atoms with Crippen LogP contribution in [0.1, 0.15) is 36.9 Å². The zero-order valence-corrected chi connectivity index (χ0v) is 10.9. The quantitative estimate of drug-likeness (QED) is 0.897. The van der Waals surface area contributed by atoms with Gasteiger partial charge in [-0.25, -0.2) is 0 Å². The van der Waals surface area contributed by atoms with E-state index in [1.807, 2.05) is 6.92 Å². The summed E-state index contributed by atoms with van der Waals surface area (Å²) in [6, 6.07) is 0. The number of Topliss-reactive ketones (excluding diaryl/α,β-unsaturated/α-hetero) is 1. The van der Waals surface area contributed by atoms with Gasteiger partial charge in [0.1, 0.15) is 10.8 Å². The Labute approximate surface area is 106 Å². The summed E-state index contributed by atoms with van der Waals surface area (Å²) in [5.74, 6) is -0.131. The summed E-state index contributed by atoms with van der Waals surface area (Å²) >= 11 is 6.08. The van der Waals surface area contributed by atoms with Crippen molar-refractivity contribution in [2.75, 3.05) is 0 Å². The number of aryl methyl sites for hydroxylation is 2. The average Bonchev–Trinajstić information content (AvgIpc) is 2.80. The number of halogens is 1. The Hall–Kier alpha value is -0.870. The molecule has 4 nitrogen and oxygen atoms in total. The summed E-state index contributed by atoms with van der Waals surface area (Å²) in [4.78, 5) is 12.1. The smallest absolute Gasteiger partial charge is 0.168 e. The number of ketones is 1. The lowest BCUT2D eigenvalue weighted by Gasteiger charge is -2.20. The Kier molecular flexibility index (Phi) is 3.27. The average molecular weight is 257 g/mol. The fourth-order valence-electron chi connectivity index (χ4n) is 2.44. The zero-order chi connectivity index (χ0) is 12.6. The maximum absolute atomic E-state index is 12.1. The molecule has 1 aromatic heterocycles. The maximum atomic E-state index is 12.1. The Balaban J connectivity index is 2.18. The fraction of sp³-hybridized carbons (Fsp3) is 0.667. The number of carbonyl (C=O) groups is 1. The molecule has 0 unspecified atom stereocenters. The predicted molar refractivity (Wildman–Crippen MR) is 65.1 cm³/mol. The minimum absolute atomic E-state index is 0.131. The maximum Gasteiger partial charge on any atom is 0.168 e. The summed E-state index contributed by atoms with van der Waals surface area (Å²) in [7, 11) is 1.74. The summed E-state index contributed by atoms with van der Waals surface area (Å²) in [6.07, 6.45) is 3.16. The van der Waals surface area contributed by atoms with Gasteiger partial charge in [-0.1, -0.05) is 11.6 Å². The Morgan fingerprint density at radius 1 is 1.53 bits per heavy atom. The third-order valence-corrected chi connectivity index (χ3v) is 4.03. The molecule has 1 aromatic rings. The molecule has 0 saturated heterocycles. The normalized spacial score (nSPS) is 18.6. The molecule has 0 atom stereocenters. The van der Waals surface area contributed by atoms with Crippen LogP contribution in [0.4, 0.5) is 0 Å². The lowest BCUT2D eigenvalue weighted by Crippen LogP contribution is -2.36. The molecule has 0 aromatic carbocycles. The van der Waals surface area contributed by atoms with Gasteiger partial charge in [-0.2, -0.15) is 5.10 Å². The van der Waals surface area contributed by atoms with Crippen molar-refractivity contribution in [3.8, 4) is 0 Å². The third kappa shape index (κ3) is 2.24. The van der Waals surface area contributed by atoms with Gasteiger partial charge in [0.25, 0.3) is 0 Å². The molecular weight excluding hydrogens is 240 g/mol. The second kappa shape index (κ2) is 4.42. The summed E-state index contributed by atoms with van der Waals surface area (Å²) in [5.41, 5.74) is 0.359. The summed E-state index contributed by atoms with van der Waals surface area (Å²) in [6.45, 7) is 1.83. The molecule has 0 spiro atoms. The van der Waals surface area contributed by atoms with Gasteiger partial charge in [-0.3, -0.25) is 9.48 Å². The van der Waals surface area contributed by atoms with Gasteiger partial charge in [-0.05, 0) is 32.6 Å². The van der Waals surface area contributed by atoms with E-state index in [1.54, 1.807) is 11.7 Å². The minimum Gasteiger partial charge on any atom is -0.382 e. The Morgan fingerprint density at radius 3 is 2.59 bits per heavy atom. The van der Waals surface area contributed by atoms with Crippen molar-refractivity contribution in [1.29, 1.82) is 0 Å². The van der Waals surface area contributed by atoms with E-state index in [0.717, 1.165) is 24.1 Å². The SMILES string of the molecule is Cc1nn(C)c(Cl)c1CC(=O)C1(O)CCCC1. The highest BCUT2D eigenvalue weighted by molar-refractivity contribution is 6.30. The van der Waals surface area contributed by atoms with Gasteiger partial charge in [0.05, 0.1) is 5.69 Å². The second-order valence-corrected chi connectivity index (χ2v) is 5.18. The number of nitrogens with zero attached hydrogens (tertiary/aromatic N) is 2. The lowest BCUT2D eigenvalue weighted by molar-refractivity contribution is -0.136. The van der Waals surface area contributed by atoms with Gasteiger partial charge in [0.15, 0.2) is 5.78 Å². The molecule has 1 heterocycles.